The Bertz CT molecular complexity index is 367. The lowest BCUT2D eigenvalue weighted by Crippen LogP contribution is -2.24. The van der Waals surface area contributed by atoms with Crippen molar-refractivity contribution in [1.29, 1.82) is 0 Å². The molecule has 0 spiro atoms. The Morgan fingerprint density at radius 2 is 1.94 bits per heavy atom. The summed E-state index contributed by atoms with van der Waals surface area (Å²) in [5.41, 5.74) is 2.59. The first-order chi connectivity index (χ1) is 7.41. The van der Waals surface area contributed by atoms with Crippen LogP contribution in [0.5, 0.6) is 0 Å². The molecule has 0 amide bonds. The van der Waals surface area contributed by atoms with E-state index in [1.165, 1.54) is 18.1 Å². The van der Waals surface area contributed by atoms with E-state index < -0.39 is 0 Å². The predicted octanol–water partition coefficient (Wildman–Crippen LogP) is 3.13. The summed E-state index contributed by atoms with van der Waals surface area (Å²) in [6.07, 6.45) is 0.924. The van der Waals surface area contributed by atoms with E-state index in [4.69, 9.17) is 4.74 Å². The van der Waals surface area contributed by atoms with Gasteiger partial charge in [0.25, 0.3) is 0 Å². The van der Waals surface area contributed by atoms with Gasteiger partial charge >= 0.3 is 5.97 Å². The molecule has 1 aromatic rings. The Kier molecular flexibility index (Phi) is 4.11. The van der Waals surface area contributed by atoms with E-state index in [0.717, 1.165) is 6.42 Å². The number of ether oxygens (including phenoxy) is 1. The molecule has 0 aromatic heterocycles. The second-order valence-corrected chi connectivity index (χ2v) is 5.05. The van der Waals surface area contributed by atoms with E-state index in [1.807, 2.05) is 12.1 Å². The number of hydrogen-bond acceptors (Lipinski definition) is 2. The predicted molar refractivity (Wildman–Crippen MR) is 65.3 cm³/mol. The van der Waals surface area contributed by atoms with E-state index in [0.29, 0.717) is 6.61 Å². The van der Waals surface area contributed by atoms with Gasteiger partial charge < -0.3 is 4.74 Å². The monoisotopic (exact) mass is 220 g/mol. The first-order valence-electron chi connectivity index (χ1n) is 5.58. The second kappa shape index (κ2) is 5.15. The fraction of sp³-hybridized carbons (Fsp3) is 0.500. The van der Waals surface area contributed by atoms with Crippen LogP contribution in [0.2, 0.25) is 0 Å². The summed E-state index contributed by atoms with van der Waals surface area (Å²) >= 11 is 0. The molecule has 0 N–H and O–H groups in total. The third-order valence-electron chi connectivity index (χ3n) is 2.60. The number of carbonyl (C=O) groups is 1. The first-order valence-corrected chi connectivity index (χ1v) is 5.58. The molecule has 0 heterocycles. The molecule has 0 saturated carbocycles. The van der Waals surface area contributed by atoms with Gasteiger partial charge in [0.05, 0.1) is 6.61 Å². The summed E-state index contributed by atoms with van der Waals surface area (Å²) in [6, 6.07) is 8.32. The molecule has 88 valence electrons. The van der Waals surface area contributed by atoms with Crippen molar-refractivity contribution in [3.63, 3.8) is 0 Å². The summed E-state index contributed by atoms with van der Waals surface area (Å²) in [5.74, 6) is -0.210. The van der Waals surface area contributed by atoms with Crippen molar-refractivity contribution in [2.45, 2.75) is 34.1 Å². The lowest BCUT2D eigenvalue weighted by molar-refractivity contribution is -0.143. The van der Waals surface area contributed by atoms with E-state index in [9.17, 15) is 4.79 Å². The van der Waals surface area contributed by atoms with E-state index in [1.54, 1.807) is 0 Å². The third kappa shape index (κ3) is 4.05. The van der Waals surface area contributed by atoms with Crippen LogP contribution in [-0.2, 0) is 16.0 Å². The molecule has 0 aliphatic rings. The Labute approximate surface area is 97.6 Å². The van der Waals surface area contributed by atoms with Crippen LogP contribution in [0, 0.1) is 12.3 Å². The molecule has 0 fully saturated rings. The Morgan fingerprint density at radius 1 is 1.31 bits per heavy atom. The van der Waals surface area contributed by atoms with Crippen molar-refractivity contribution in [2.75, 3.05) is 6.61 Å². The summed E-state index contributed by atoms with van der Waals surface area (Å²) in [7, 11) is 0. The number of carbonyl (C=O) groups excluding carboxylic acids is 1. The number of aryl methyl sites for hydroxylation is 1. The molecule has 16 heavy (non-hydrogen) atoms. The van der Waals surface area contributed by atoms with E-state index >= 15 is 0 Å². The van der Waals surface area contributed by atoms with Crippen molar-refractivity contribution in [3.8, 4) is 0 Å². The summed E-state index contributed by atoms with van der Waals surface area (Å²) in [4.78, 5) is 10.8. The molecular formula is C14H20O2. The molecule has 2 nitrogen and oxygen atoms in total. The van der Waals surface area contributed by atoms with Crippen molar-refractivity contribution in [1.82, 2.24) is 0 Å². The summed E-state index contributed by atoms with van der Waals surface area (Å²) in [5, 5.41) is 0. The van der Waals surface area contributed by atoms with Crippen LogP contribution in [0.1, 0.15) is 31.9 Å². The van der Waals surface area contributed by atoms with Crippen LogP contribution in [-0.4, -0.2) is 12.6 Å². The highest BCUT2D eigenvalue weighted by molar-refractivity contribution is 5.65. The van der Waals surface area contributed by atoms with Crippen molar-refractivity contribution in [2.24, 2.45) is 5.41 Å². The van der Waals surface area contributed by atoms with Crippen LogP contribution in [0.15, 0.2) is 24.3 Å². The van der Waals surface area contributed by atoms with Gasteiger partial charge in [0.15, 0.2) is 0 Å². The largest absolute Gasteiger partial charge is 0.465 e. The summed E-state index contributed by atoms with van der Waals surface area (Å²) in [6.45, 7) is 8.25. The summed E-state index contributed by atoms with van der Waals surface area (Å²) < 4.78 is 5.08. The molecule has 0 radical (unpaired) electrons. The van der Waals surface area contributed by atoms with Crippen LogP contribution in [0.3, 0.4) is 0 Å². The number of hydrogen-bond donors (Lipinski definition) is 0. The van der Waals surface area contributed by atoms with Crippen LogP contribution in [0.4, 0.5) is 0 Å². The van der Waals surface area contributed by atoms with Gasteiger partial charge in [-0.15, -0.1) is 0 Å². The standard InChI is InChI=1S/C14H20O2/c1-11-7-5-6-8-13(11)9-14(3,4)10-16-12(2)15/h5-8H,9-10H2,1-4H3. The lowest BCUT2D eigenvalue weighted by Gasteiger charge is -2.24. The molecule has 1 rings (SSSR count). The van der Waals surface area contributed by atoms with Crippen LogP contribution in [0.25, 0.3) is 0 Å². The van der Waals surface area contributed by atoms with Gasteiger partial charge in [0.1, 0.15) is 0 Å². The molecule has 0 bridgehead atoms. The van der Waals surface area contributed by atoms with Crippen LogP contribution < -0.4 is 0 Å². The molecule has 0 atom stereocenters. The zero-order valence-corrected chi connectivity index (χ0v) is 10.5. The molecule has 0 aliphatic heterocycles. The van der Waals surface area contributed by atoms with Crippen molar-refractivity contribution >= 4 is 5.97 Å². The van der Waals surface area contributed by atoms with Crippen molar-refractivity contribution < 1.29 is 9.53 Å². The zero-order chi connectivity index (χ0) is 12.2. The smallest absolute Gasteiger partial charge is 0.302 e. The van der Waals surface area contributed by atoms with Gasteiger partial charge in [-0.1, -0.05) is 38.1 Å². The van der Waals surface area contributed by atoms with Gasteiger partial charge in [0, 0.05) is 12.3 Å². The molecule has 0 unspecified atom stereocenters. The minimum Gasteiger partial charge on any atom is -0.465 e. The van der Waals surface area contributed by atoms with Gasteiger partial charge in [-0.25, -0.2) is 0 Å². The Balaban J connectivity index is 2.65. The highest BCUT2D eigenvalue weighted by Crippen LogP contribution is 2.24. The highest BCUT2D eigenvalue weighted by atomic mass is 16.5. The van der Waals surface area contributed by atoms with Crippen molar-refractivity contribution in [3.05, 3.63) is 35.4 Å². The van der Waals surface area contributed by atoms with Gasteiger partial charge in [-0.2, -0.15) is 0 Å². The third-order valence-corrected chi connectivity index (χ3v) is 2.60. The SMILES string of the molecule is CC(=O)OCC(C)(C)Cc1ccccc1C. The molecular weight excluding hydrogens is 200 g/mol. The number of benzene rings is 1. The zero-order valence-electron chi connectivity index (χ0n) is 10.5. The number of rotatable bonds is 4. The number of esters is 1. The van der Waals surface area contributed by atoms with Gasteiger partial charge in [-0.05, 0) is 24.5 Å². The molecule has 0 saturated heterocycles. The lowest BCUT2D eigenvalue weighted by atomic mass is 9.85. The molecule has 1 aromatic carbocycles. The highest BCUT2D eigenvalue weighted by Gasteiger charge is 2.20. The minimum atomic E-state index is -0.210. The normalized spacial score (nSPS) is 11.2. The topological polar surface area (TPSA) is 26.3 Å². The maximum absolute atomic E-state index is 10.8. The first kappa shape index (κ1) is 12.8. The maximum Gasteiger partial charge on any atom is 0.302 e. The van der Waals surface area contributed by atoms with Gasteiger partial charge in [0.2, 0.25) is 0 Å². The molecule has 2 heteroatoms. The van der Waals surface area contributed by atoms with E-state index in [-0.39, 0.29) is 11.4 Å². The average molecular weight is 220 g/mol. The van der Waals surface area contributed by atoms with Crippen LogP contribution >= 0.6 is 0 Å². The Morgan fingerprint density at radius 3 is 2.50 bits per heavy atom. The van der Waals surface area contributed by atoms with E-state index in [2.05, 4.69) is 32.9 Å². The minimum absolute atomic E-state index is 0.0161. The fourth-order valence-corrected chi connectivity index (χ4v) is 1.67. The average Bonchev–Trinajstić information content (AvgIpc) is 2.19. The molecule has 0 aliphatic carbocycles. The fourth-order valence-electron chi connectivity index (χ4n) is 1.67. The van der Waals surface area contributed by atoms with Gasteiger partial charge in [-0.3, -0.25) is 4.79 Å². The maximum atomic E-state index is 10.8. The Hall–Kier alpha value is -1.31. The quantitative estimate of drug-likeness (QED) is 0.729. The second-order valence-electron chi connectivity index (χ2n) is 5.05.